The molecular weight excluding hydrogens is 252 g/mol. The van der Waals surface area contributed by atoms with Gasteiger partial charge in [-0.2, -0.15) is 9.40 Å². The van der Waals surface area contributed by atoms with Gasteiger partial charge in [0.2, 0.25) is 10.0 Å². The number of nitrogen functional groups attached to an aromatic ring is 1. The molecule has 0 fully saturated rings. The van der Waals surface area contributed by atoms with Crippen molar-refractivity contribution in [3.05, 3.63) is 31.0 Å². The van der Waals surface area contributed by atoms with Gasteiger partial charge in [0.05, 0.1) is 5.69 Å². The largest absolute Gasteiger partial charge is 0.381 e. The first kappa shape index (κ1) is 14.5. The van der Waals surface area contributed by atoms with Crippen LogP contribution < -0.4 is 5.73 Å². The number of anilines is 1. The van der Waals surface area contributed by atoms with E-state index >= 15 is 0 Å². The maximum Gasteiger partial charge on any atom is 0.249 e. The molecule has 0 bridgehead atoms. The number of hydrogen-bond acceptors (Lipinski definition) is 4. The summed E-state index contributed by atoms with van der Waals surface area (Å²) in [5.41, 5.74) is 6.17. The van der Waals surface area contributed by atoms with Crippen LogP contribution in [0.25, 0.3) is 0 Å². The minimum Gasteiger partial charge on any atom is -0.381 e. The van der Waals surface area contributed by atoms with Crippen molar-refractivity contribution >= 4 is 15.8 Å². The highest BCUT2D eigenvalue weighted by molar-refractivity contribution is 7.89. The van der Waals surface area contributed by atoms with Gasteiger partial charge in [0.1, 0.15) is 4.90 Å². The summed E-state index contributed by atoms with van der Waals surface area (Å²) in [6.07, 6.45) is 3.03. The highest BCUT2D eigenvalue weighted by atomic mass is 32.2. The second-order valence-corrected chi connectivity index (χ2v) is 5.70. The van der Waals surface area contributed by atoms with Crippen molar-refractivity contribution in [2.24, 2.45) is 7.05 Å². The van der Waals surface area contributed by atoms with Crippen molar-refractivity contribution in [3.63, 3.8) is 0 Å². The fraction of sp³-hybridized carbons (Fsp3) is 0.364. The predicted octanol–water partition coefficient (Wildman–Crippen LogP) is 0.673. The lowest BCUT2D eigenvalue weighted by molar-refractivity contribution is 0.474. The van der Waals surface area contributed by atoms with Gasteiger partial charge < -0.3 is 5.73 Å². The lowest BCUT2D eigenvalue weighted by Crippen LogP contribution is -2.32. The van der Waals surface area contributed by atoms with E-state index in [-0.39, 0.29) is 23.8 Å². The number of rotatable bonds is 6. The van der Waals surface area contributed by atoms with E-state index in [2.05, 4.69) is 18.3 Å². The molecule has 0 aliphatic heterocycles. The standard InChI is InChI=1S/C11H18N4O2S/c1-5-7-15(8-6-2)18(16,17)10-9(3)14(4)13-11(10)12/h5-6H,1-2,7-8H2,3-4H3,(H2,12,13). The average molecular weight is 270 g/mol. The third-order valence-corrected chi connectivity index (χ3v) is 4.57. The van der Waals surface area contributed by atoms with Crippen molar-refractivity contribution in [2.75, 3.05) is 18.8 Å². The third-order valence-electron chi connectivity index (χ3n) is 2.57. The Morgan fingerprint density at radius 3 is 2.22 bits per heavy atom. The molecule has 18 heavy (non-hydrogen) atoms. The minimum atomic E-state index is -3.68. The lowest BCUT2D eigenvalue weighted by Gasteiger charge is -2.18. The summed E-state index contributed by atoms with van der Waals surface area (Å²) in [6.45, 7) is 9.15. The summed E-state index contributed by atoms with van der Waals surface area (Å²) >= 11 is 0. The van der Waals surface area contributed by atoms with Gasteiger partial charge >= 0.3 is 0 Å². The summed E-state index contributed by atoms with van der Waals surface area (Å²) in [5, 5.41) is 3.92. The van der Waals surface area contributed by atoms with E-state index in [0.29, 0.717) is 5.69 Å². The van der Waals surface area contributed by atoms with Crippen molar-refractivity contribution in [1.29, 1.82) is 0 Å². The summed E-state index contributed by atoms with van der Waals surface area (Å²) < 4.78 is 27.6. The van der Waals surface area contributed by atoms with E-state index in [1.54, 1.807) is 14.0 Å². The van der Waals surface area contributed by atoms with Crippen LogP contribution in [0.5, 0.6) is 0 Å². The lowest BCUT2D eigenvalue weighted by atomic mass is 10.5. The molecular formula is C11H18N4O2S. The summed E-state index contributed by atoms with van der Waals surface area (Å²) in [6, 6.07) is 0. The molecule has 6 nitrogen and oxygen atoms in total. The van der Waals surface area contributed by atoms with Crippen LogP contribution in [0.1, 0.15) is 5.69 Å². The van der Waals surface area contributed by atoms with E-state index < -0.39 is 10.0 Å². The monoisotopic (exact) mass is 270 g/mol. The maximum atomic E-state index is 12.5. The first-order valence-corrected chi connectivity index (χ1v) is 6.81. The number of sulfonamides is 1. The topological polar surface area (TPSA) is 81.2 Å². The van der Waals surface area contributed by atoms with Crippen LogP contribution >= 0.6 is 0 Å². The first-order chi connectivity index (χ1) is 8.36. The van der Waals surface area contributed by atoms with Crippen molar-refractivity contribution in [1.82, 2.24) is 14.1 Å². The fourth-order valence-corrected chi connectivity index (χ4v) is 3.29. The Hall–Kier alpha value is -1.60. The highest BCUT2D eigenvalue weighted by Crippen LogP contribution is 2.24. The minimum absolute atomic E-state index is 0.00752. The molecule has 0 amide bonds. The molecule has 100 valence electrons. The Morgan fingerprint density at radius 1 is 1.39 bits per heavy atom. The Labute approximate surface area is 107 Å². The van der Waals surface area contributed by atoms with Gasteiger partial charge in [-0.3, -0.25) is 4.68 Å². The molecule has 0 saturated carbocycles. The van der Waals surface area contributed by atoms with Crippen LogP contribution in [0, 0.1) is 6.92 Å². The SMILES string of the molecule is C=CCN(CC=C)S(=O)(=O)c1c(N)nn(C)c1C. The molecule has 0 unspecified atom stereocenters. The summed E-state index contributed by atoms with van der Waals surface area (Å²) in [4.78, 5) is 0.0497. The molecule has 0 aliphatic carbocycles. The normalized spacial score (nSPS) is 11.7. The Bertz CT molecular complexity index is 550. The molecule has 2 N–H and O–H groups in total. The maximum absolute atomic E-state index is 12.5. The van der Waals surface area contributed by atoms with E-state index in [9.17, 15) is 8.42 Å². The van der Waals surface area contributed by atoms with Gasteiger partial charge in [0.25, 0.3) is 0 Å². The second kappa shape index (κ2) is 5.36. The quantitative estimate of drug-likeness (QED) is 0.770. The number of nitrogens with zero attached hydrogens (tertiary/aromatic N) is 3. The summed E-state index contributed by atoms with van der Waals surface area (Å²) in [5.74, 6) is 0.00752. The van der Waals surface area contributed by atoms with E-state index in [4.69, 9.17) is 5.73 Å². The Balaban J connectivity index is 3.34. The molecule has 0 spiro atoms. The Morgan fingerprint density at radius 2 is 1.89 bits per heavy atom. The zero-order valence-electron chi connectivity index (χ0n) is 10.6. The van der Waals surface area contributed by atoms with Crippen molar-refractivity contribution in [2.45, 2.75) is 11.8 Å². The third kappa shape index (κ3) is 2.46. The van der Waals surface area contributed by atoms with Gasteiger partial charge in [0.15, 0.2) is 5.82 Å². The number of aromatic nitrogens is 2. The van der Waals surface area contributed by atoms with Crippen molar-refractivity contribution in [3.8, 4) is 0 Å². The van der Waals surface area contributed by atoms with E-state index in [1.807, 2.05) is 0 Å². The zero-order valence-corrected chi connectivity index (χ0v) is 11.4. The molecule has 7 heteroatoms. The molecule has 0 saturated heterocycles. The first-order valence-electron chi connectivity index (χ1n) is 5.37. The molecule has 1 aromatic rings. The van der Waals surface area contributed by atoms with Crippen LogP contribution in [0.3, 0.4) is 0 Å². The fourth-order valence-electron chi connectivity index (χ4n) is 1.62. The molecule has 1 heterocycles. The van der Waals surface area contributed by atoms with Crippen LogP contribution in [0.15, 0.2) is 30.2 Å². The van der Waals surface area contributed by atoms with Gasteiger partial charge in [-0.15, -0.1) is 13.2 Å². The molecule has 0 aliphatic rings. The number of nitrogens with two attached hydrogens (primary N) is 1. The highest BCUT2D eigenvalue weighted by Gasteiger charge is 2.29. The molecule has 0 aromatic carbocycles. The van der Waals surface area contributed by atoms with E-state index in [1.165, 1.54) is 21.1 Å². The van der Waals surface area contributed by atoms with Gasteiger partial charge in [-0.25, -0.2) is 8.42 Å². The zero-order chi connectivity index (χ0) is 13.9. The smallest absolute Gasteiger partial charge is 0.249 e. The van der Waals surface area contributed by atoms with Crippen LogP contribution in [0.2, 0.25) is 0 Å². The number of hydrogen-bond donors (Lipinski definition) is 1. The molecule has 0 atom stereocenters. The van der Waals surface area contributed by atoms with Crippen LogP contribution in [-0.2, 0) is 17.1 Å². The second-order valence-electron chi connectivity index (χ2n) is 3.82. The van der Waals surface area contributed by atoms with Crippen LogP contribution in [0.4, 0.5) is 5.82 Å². The molecule has 1 aromatic heterocycles. The average Bonchev–Trinajstić information content (AvgIpc) is 2.53. The summed E-state index contributed by atoms with van der Waals surface area (Å²) in [7, 11) is -2.03. The van der Waals surface area contributed by atoms with Gasteiger partial charge in [-0.1, -0.05) is 12.2 Å². The van der Waals surface area contributed by atoms with E-state index in [0.717, 1.165) is 0 Å². The van der Waals surface area contributed by atoms with Crippen LogP contribution in [-0.4, -0.2) is 35.6 Å². The number of aryl methyl sites for hydroxylation is 1. The van der Waals surface area contributed by atoms with Gasteiger partial charge in [0, 0.05) is 20.1 Å². The molecule has 0 radical (unpaired) electrons. The van der Waals surface area contributed by atoms with Gasteiger partial charge in [-0.05, 0) is 6.92 Å². The predicted molar refractivity (Wildman–Crippen MR) is 71.5 cm³/mol. The Kier molecular flexibility index (Phi) is 4.31. The molecule has 1 rings (SSSR count). The van der Waals surface area contributed by atoms with Crippen molar-refractivity contribution < 1.29 is 8.42 Å².